The smallest absolute Gasteiger partial charge is 0.264 e. The summed E-state index contributed by atoms with van der Waals surface area (Å²) in [6, 6.07) is 22.7. The number of hydrogen-bond donors (Lipinski definition) is 1. The van der Waals surface area contributed by atoms with Gasteiger partial charge in [-0.2, -0.15) is 0 Å². The number of pyridine rings is 1. The van der Waals surface area contributed by atoms with Crippen molar-refractivity contribution in [1.82, 2.24) is 9.88 Å². The second kappa shape index (κ2) is 8.23. The van der Waals surface area contributed by atoms with Crippen LogP contribution in [0.2, 0.25) is 0 Å². The molecule has 6 nitrogen and oxygen atoms in total. The maximum Gasteiger partial charge on any atom is 0.264 e. The molecule has 0 unspecified atom stereocenters. The number of para-hydroxylation sites is 1. The van der Waals surface area contributed by atoms with Crippen LogP contribution in [0.4, 0.5) is 0 Å². The van der Waals surface area contributed by atoms with Crippen molar-refractivity contribution in [2.24, 2.45) is 0 Å². The van der Waals surface area contributed by atoms with Crippen molar-refractivity contribution in [1.29, 1.82) is 0 Å². The van der Waals surface area contributed by atoms with E-state index in [1.54, 1.807) is 11.7 Å². The molecule has 0 spiro atoms. The molecule has 1 aliphatic rings. The van der Waals surface area contributed by atoms with Crippen LogP contribution in [0, 0.1) is 0 Å². The van der Waals surface area contributed by atoms with Crippen LogP contribution in [0.1, 0.15) is 15.9 Å². The zero-order chi connectivity index (χ0) is 22.1. The molecule has 1 aromatic heterocycles. The van der Waals surface area contributed by atoms with E-state index in [1.165, 1.54) is 0 Å². The first-order valence-corrected chi connectivity index (χ1v) is 10.5. The Labute approximate surface area is 185 Å². The molecule has 32 heavy (non-hydrogen) atoms. The van der Waals surface area contributed by atoms with E-state index in [0.717, 1.165) is 16.5 Å². The first kappa shape index (κ1) is 19.9. The quantitative estimate of drug-likeness (QED) is 0.524. The summed E-state index contributed by atoms with van der Waals surface area (Å²) >= 11 is 0. The largest absolute Gasteiger partial charge is 0.497 e. The number of carbonyl (C=O) groups is 1. The van der Waals surface area contributed by atoms with Crippen LogP contribution in [0.5, 0.6) is 11.5 Å². The van der Waals surface area contributed by atoms with Crippen molar-refractivity contribution >= 4 is 16.8 Å². The molecule has 160 valence electrons. The summed E-state index contributed by atoms with van der Waals surface area (Å²) in [7, 11) is 1.59. The van der Waals surface area contributed by atoms with Crippen LogP contribution in [0.15, 0.2) is 77.6 Å². The number of hydrogen-bond acceptors (Lipinski definition) is 4. The summed E-state index contributed by atoms with van der Waals surface area (Å²) in [6.45, 7) is 1.11. The SMILES string of the molecule is COc1cccc(-c2c(C(=O)NCc3ccccc3)c(=O)n3c4c(cccc24)OCC3)c1. The summed E-state index contributed by atoms with van der Waals surface area (Å²) in [5.41, 5.74) is 2.79. The van der Waals surface area contributed by atoms with E-state index >= 15 is 0 Å². The van der Waals surface area contributed by atoms with Gasteiger partial charge in [-0.1, -0.05) is 54.6 Å². The first-order chi connectivity index (χ1) is 15.7. The van der Waals surface area contributed by atoms with Gasteiger partial charge in [0.1, 0.15) is 23.7 Å². The van der Waals surface area contributed by atoms with Gasteiger partial charge in [0.25, 0.3) is 11.5 Å². The Kier molecular flexibility index (Phi) is 5.11. The molecule has 1 N–H and O–H groups in total. The minimum atomic E-state index is -0.404. The minimum absolute atomic E-state index is 0.126. The number of nitrogens with one attached hydrogen (secondary N) is 1. The molecular formula is C26H22N2O4. The summed E-state index contributed by atoms with van der Waals surface area (Å²) in [6.07, 6.45) is 0. The average Bonchev–Trinajstić information content (AvgIpc) is 2.85. The highest BCUT2D eigenvalue weighted by Crippen LogP contribution is 2.37. The van der Waals surface area contributed by atoms with Crippen molar-refractivity contribution in [3.8, 4) is 22.6 Å². The van der Waals surface area contributed by atoms with E-state index in [2.05, 4.69) is 5.32 Å². The summed E-state index contributed by atoms with van der Waals surface area (Å²) in [5.74, 6) is 0.889. The monoisotopic (exact) mass is 426 g/mol. The lowest BCUT2D eigenvalue weighted by Gasteiger charge is -2.23. The molecular weight excluding hydrogens is 404 g/mol. The molecule has 0 saturated heterocycles. The standard InChI is InChI=1S/C26H22N2O4/c1-31-19-10-5-9-18(15-19)22-20-11-6-12-21-24(20)28(13-14-32-21)26(30)23(22)25(29)27-16-17-7-3-2-4-8-17/h2-12,15H,13-14,16H2,1H3,(H,27,29). The van der Waals surface area contributed by atoms with Crippen LogP contribution >= 0.6 is 0 Å². The highest BCUT2D eigenvalue weighted by Gasteiger charge is 2.26. The first-order valence-electron chi connectivity index (χ1n) is 10.5. The Bertz CT molecular complexity index is 1380. The number of aromatic nitrogens is 1. The third-order valence-electron chi connectivity index (χ3n) is 5.70. The van der Waals surface area contributed by atoms with Gasteiger partial charge in [0.05, 0.1) is 19.2 Å². The normalized spacial score (nSPS) is 12.3. The Balaban J connectivity index is 1.73. The number of amides is 1. The molecule has 0 aliphatic carbocycles. The van der Waals surface area contributed by atoms with Crippen molar-refractivity contribution in [2.45, 2.75) is 13.1 Å². The van der Waals surface area contributed by atoms with Gasteiger partial charge >= 0.3 is 0 Å². The Morgan fingerprint density at radius 2 is 1.88 bits per heavy atom. The molecule has 5 rings (SSSR count). The lowest BCUT2D eigenvalue weighted by molar-refractivity contribution is 0.0949. The molecule has 0 atom stereocenters. The van der Waals surface area contributed by atoms with Gasteiger partial charge in [0.2, 0.25) is 0 Å². The Hall–Kier alpha value is -4.06. The molecule has 3 aromatic carbocycles. The predicted molar refractivity (Wildman–Crippen MR) is 123 cm³/mol. The second-order valence-corrected chi connectivity index (χ2v) is 7.61. The van der Waals surface area contributed by atoms with Gasteiger partial charge in [-0.15, -0.1) is 0 Å². The number of methoxy groups -OCH3 is 1. The second-order valence-electron chi connectivity index (χ2n) is 7.61. The van der Waals surface area contributed by atoms with Crippen molar-refractivity contribution < 1.29 is 14.3 Å². The van der Waals surface area contributed by atoms with E-state index in [1.807, 2.05) is 72.8 Å². The molecule has 1 amide bonds. The third kappa shape index (κ3) is 3.39. The Morgan fingerprint density at radius 3 is 2.69 bits per heavy atom. The number of rotatable bonds is 5. The lowest BCUT2D eigenvalue weighted by Crippen LogP contribution is -2.36. The molecule has 2 heterocycles. The van der Waals surface area contributed by atoms with Crippen LogP contribution in [-0.2, 0) is 13.1 Å². The van der Waals surface area contributed by atoms with E-state index in [-0.39, 0.29) is 11.1 Å². The number of carbonyl (C=O) groups excluding carboxylic acids is 1. The molecule has 0 radical (unpaired) electrons. The van der Waals surface area contributed by atoms with Crippen molar-refractivity contribution in [3.63, 3.8) is 0 Å². The average molecular weight is 426 g/mol. The fourth-order valence-electron chi connectivity index (χ4n) is 4.21. The number of nitrogens with zero attached hydrogens (tertiary/aromatic N) is 1. The fourth-order valence-corrected chi connectivity index (χ4v) is 4.21. The summed E-state index contributed by atoms with van der Waals surface area (Å²) in [5, 5.41) is 3.72. The highest BCUT2D eigenvalue weighted by atomic mass is 16.5. The molecule has 0 fully saturated rings. The van der Waals surface area contributed by atoms with Gasteiger partial charge in [0.15, 0.2) is 0 Å². The molecule has 0 bridgehead atoms. The van der Waals surface area contributed by atoms with Crippen LogP contribution < -0.4 is 20.3 Å². The zero-order valence-electron chi connectivity index (χ0n) is 17.6. The highest BCUT2D eigenvalue weighted by molar-refractivity contribution is 6.10. The summed E-state index contributed by atoms with van der Waals surface area (Å²) < 4.78 is 12.9. The number of benzene rings is 3. The van der Waals surface area contributed by atoms with Crippen molar-refractivity contribution in [3.05, 3.63) is 94.3 Å². The topological polar surface area (TPSA) is 69.6 Å². The summed E-state index contributed by atoms with van der Waals surface area (Å²) in [4.78, 5) is 27.0. The maximum absolute atomic E-state index is 13.6. The third-order valence-corrected chi connectivity index (χ3v) is 5.70. The van der Waals surface area contributed by atoms with Gasteiger partial charge in [-0.3, -0.25) is 9.59 Å². The number of ether oxygens (including phenoxy) is 2. The van der Waals surface area contributed by atoms with Gasteiger partial charge < -0.3 is 19.4 Å². The van der Waals surface area contributed by atoms with Crippen LogP contribution in [0.3, 0.4) is 0 Å². The minimum Gasteiger partial charge on any atom is -0.497 e. The van der Waals surface area contributed by atoms with Crippen molar-refractivity contribution in [2.75, 3.05) is 13.7 Å². The van der Waals surface area contributed by atoms with Crippen LogP contribution in [0.25, 0.3) is 22.0 Å². The van der Waals surface area contributed by atoms with Crippen LogP contribution in [-0.4, -0.2) is 24.2 Å². The van der Waals surface area contributed by atoms with Gasteiger partial charge in [0, 0.05) is 17.5 Å². The lowest BCUT2D eigenvalue weighted by atomic mass is 9.94. The van der Waals surface area contributed by atoms with E-state index in [0.29, 0.717) is 42.3 Å². The van der Waals surface area contributed by atoms with E-state index in [9.17, 15) is 9.59 Å². The van der Waals surface area contributed by atoms with Gasteiger partial charge in [-0.05, 0) is 29.3 Å². The predicted octanol–water partition coefficient (Wildman–Crippen LogP) is 4.00. The van der Waals surface area contributed by atoms with E-state index in [4.69, 9.17) is 9.47 Å². The van der Waals surface area contributed by atoms with Gasteiger partial charge in [-0.25, -0.2) is 0 Å². The zero-order valence-corrected chi connectivity index (χ0v) is 17.6. The molecule has 4 aromatic rings. The molecule has 6 heteroatoms. The Morgan fingerprint density at radius 1 is 1.06 bits per heavy atom. The maximum atomic E-state index is 13.6. The van der Waals surface area contributed by atoms with E-state index < -0.39 is 5.91 Å². The fraction of sp³-hybridized carbons (Fsp3) is 0.154. The molecule has 0 saturated carbocycles. The molecule has 1 aliphatic heterocycles.